The van der Waals surface area contributed by atoms with Crippen molar-refractivity contribution in [3.63, 3.8) is 0 Å². The first-order valence-corrected chi connectivity index (χ1v) is 14.3. The molecule has 0 aliphatic carbocycles. The molecule has 0 atom stereocenters. The van der Waals surface area contributed by atoms with Crippen molar-refractivity contribution in [3.8, 4) is 0 Å². The quantitative estimate of drug-likeness (QED) is 0.243. The van der Waals surface area contributed by atoms with Crippen molar-refractivity contribution in [1.29, 1.82) is 0 Å². The van der Waals surface area contributed by atoms with Crippen LogP contribution < -0.4 is 4.90 Å². The lowest BCUT2D eigenvalue weighted by atomic mass is 9.96. The lowest BCUT2D eigenvalue weighted by Gasteiger charge is -2.40. The van der Waals surface area contributed by atoms with Crippen molar-refractivity contribution in [2.24, 2.45) is 4.99 Å². The summed E-state index contributed by atoms with van der Waals surface area (Å²) in [5.41, 5.74) is 5.77. The highest BCUT2D eigenvalue weighted by atomic mass is 16.2. The fourth-order valence-electron chi connectivity index (χ4n) is 6.13. The number of aliphatic imine (C=N–C) groups is 1. The average Bonchev–Trinajstić information content (AvgIpc) is 3.29. The summed E-state index contributed by atoms with van der Waals surface area (Å²) in [6, 6.07) is 44.1. The number of para-hydroxylation sites is 1. The van der Waals surface area contributed by atoms with Gasteiger partial charge in [0.1, 0.15) is 5.71 Å². The van der Waals surface area contributed by atoms with E-state index >= 15 is 0 Å². The van der Waals surface area contributed by atoms with Crippen LogP contribution >= 0.6 is 0 Å². The van der Waals surface area contributed by atoms with Gasteiger partial charge in [0.15, 0.2) is 0 Å². The van der Waals surface area contributed by atoms with Crippen molar-refractivity contribution in [2.45, 2.75) is 6.04 Å². The number of piperazine rings is 1. The minimum Gasteiger partial charge on any atom is -0.293 e. The summed E-state index contributed by atoms with van der Waals surface area (Å²) < 4.78 is 0. The van der Waals surface area contributed by atoms with Gasteiger partial charge in [0.25, 0.3) is 5.91 Å². The molecule has 7 rings (SSSR count). The number of fused-ring (bicyclic) bond motifs is 2. The number of rotatable bonds is 6. The van der Waals surface area contributed by atoms with Crippen LogP contribution in [0.2, 0.25) is 0 Å². The summed E-state index contributed by atoms with van der Waals surface area (Å²) in [6.07, 6.45) is 0. The molecule has 0 bridgehead atoms. The Bertz CT molecular complexity index is 1670. The second kappa shape index (κ2) is 11.1. The van der Waals surface area contributed by atoms with Crippen LogP contribution in [0.5, 0.6) is 0 Å². The predicted molar refractivity (Wildman–Crippen MR) is 167 cm³/mol. The number of amides is 1. The normalized spacial score (nSPS) is 17.0. The van der Waals surface area contributed by atoms with E-state index in [1.54, 1.807) is 0 Å². The van der Waals surface area contributed by atoms with Gasteiger partial charge in [-0.25, -0.2) is 4.99 Å². The van der Waals surface area contributed by atoms with E-state index in [-0.39, 0.29) is 11.9 Å². The fourth-order valence-corrected chi connectivity index (χ4v) is 6.13. The Labute approximate surface area is 241 Å². The number of hydrogen-bond donors (Lipinski definition) is 0. The molecular weight excluding hydrogens is 504 g/mol. The second-order valence-electron chi connectivity index (χ2n) is 10.8. The molecule has 5 heteroatoms. The van der Waals surface area contributed by atoms with E-state index in [9.17, 15) is 4.79 Å². The van der Waals surface area contributed by atoms with E-state index in [4.69, 9.17) is 4.99 Å². The molecule has 1 amide bonds. The SMILES string of the molecule is O=C1C(=Nc2ccc3ccccc3c2)c2ccccc2N1CN1CCN(C(c2ccccc2)c2ccccc2)CC1. The van der Waals surface area contributed by atoms with Gasteiger partial charge in [0, 0.05) is 31.7 Å². The predicted octanol–water partition coefficient (Wildman–Crippen LogP) is 6.67. The highest BCUT2D eigenvalue weighted by Crippen LogP contribution is 2.33. The number of carbonyl (C=O) groups excluding carboxylic acids is 1. The van der Waals surface area contributed by atoms with E-state index in [1.807, 2.05) is 47.4 Å². The summed E-state index contributed by atoms with van der Waals surface area (Å²) in [7, 11) is 0. The molecular formula is C36H32N4O. The highest BCUT2D eigenvalue weighted by molar-refractivity contribution is 6.54. The first kappa shape index (κ1) is 25.4. The lowest BCUT2D eigenvalue weighted by molar-refractivity contribution is -0.112. The molecule has 1 fully saturated rings. The van der Waals surface area contributed by atoms with E-state index in [2.05, 4.69) is 94.7 Å². The van der Waals surface area contributed by atoms with Crippen LogP contribution in [-0.2, 0) is 4.79 Å². The van der Waals surface area contributed by atoms with E-state index < -0.39 is 0 Å². The van der Waals surface area contributed by atoms with Crippen molar-refractivity contribution in [2.75, 3.05) is 37.7 Å². The lowest BCUT2D eigenvalue weighted by Crippen LogP contribution is -2.51. The first-order valence-electron chi connectivity index (χ1n) is 14.3. The molecule has 0 aromatic heterocycles. The Morgan fingerprint density at radius 1 is 0.634 bits per heavy atom. The molecule has 202 valence electrons. The largest absolute Gasteiger partial charge is 0.293 e. The van der Waals surface area contributed by atoms with Crippen LogP contribution in [0.15, 0.2) is 132 Å². The average molecular weight is 537 g/mol. The zero-order chi connectivity index (χ0) is 27.6. The Balaban J connectivity index is 1.10. The molecule has 5 aromatic carbocycles. The van der Waals surface area contributed by atoms with Crippen LogP contribution in [0.3, 0.4) is 0 Å². The third-order valence-electron chi connectivity index (χ3n) is 8.22. The van der Waals surface area contributed by atoms with Crippen LogP contribution in [0.1, 0.15) is 22.7 Å². The Kier molecular flexibility index (Phi) is 6.89. The van der Waals surface area contributed by atoms with Crippen LogP contribution in [0.25, 0.3) is 10.8 Å². The van der Waals surface area contributed by atoms with E-state index in [1.165, 1.54) is 11.1 Å². The zero-order valence-electron chi connectivity index (χ0n) is 22.9. The Morgan fingerprint density at radius 3 is 1.95 bits per heavy atom. The van der Waals surface area contributed by atoms with E-state index in [0.29, 0.717) is 12.4 Å². The minimum atomic E-state index is -0.0340. The molecule has 0 N–H and O–H groups in total. The van der Waals surface area contributed by atoms with Gasteiger partial charge < -0.3 is 0 Å². The number of anilines is 1. The summed E-state index contributed by atoms with van der Waals surface area (Å²) >= 11 is 0. The molecule has 2 heterocycles. The molecule has 0 radical (unpaired) electrons. The Morgan fingerprint density at radius 2 is 1.24 bits per heavy atom. The van der Waals surface area contributed by atoms with Gasteiger partial charge in [-0.05, 0) is 40.1 Å². The second-order valence-corrected chi connectivity index (χ2v) is 10.8. The van der Waals surface area contributed by atoms with Gasteiger partial charge in [0.2, 0.25) is 0 Å². The summed E-state index contributed by atoms with van der Waals surface area (Å²) in [5, 5.41) is 2.28. The van der Waals surface area contributed by atoms with Crippen molar-refractivity contribution < 1.29 is 4.79 Å². The smallest absolute Gasteiger partial charge is 0.278 e. The molecule has 2 aliphatic heterocycles. The molecule has 2 aliphatic rings. The van der Waals surface area contributed by atoms with Crippen LogP contribution in [-0.4, -0.2) is 54.3 Å². The summed E-state index contributed by atoms with van der Waals surface area (Å²) in [4.78, 5) is 25.5. The van der Waals surface area contributed by atoms with Crippen LogP contribution in [0, 0.1) is 0 Å². The van der Waals surface area contributed by atoms with Gasteiger partial charge in [-0.3, -0.25) is 19.5 Å². The topological polar surface area (TPSA) is 39.2 Å². The van der Waals surface area contributed by atoms with Crippen molar-refractivity contribution >= 4 is 33.8 Å². The molecule has 41 heavy (non-hydrogen) atoms. The maximum Gasteiger partial charge on any atom is 0.278 e. The molecule has 0 spiro atoms. The molecule has 0 unspecified atom stereocenters. The molecule has 5 aromatic rings. The number of carbonyl (C=O) groups is 1. The van der Waals surface area contributed by atoms with Gasteiger partial charge in [-0.1, -0.05) is 109 Å². The molecule has 1 saturated heterocycles. The summed E-state index contributed by atoms with van der Waals surface area (Å²) in [5.74, 6) is -0.0340. The van der Waals surface area contributed by atoms with E-state index in [0.717, 1.165) is 53.9 Å². The highest BCUT2D eigenvalue weighted by Gasteiger charge is 2.36. The van der Waals surface area contributed by atoms with Gasteiger partial charge in [-0.15, -0.1) is 0 Å². The zero-order valence-corrected chi connectivity index (χ0v) is 22.9. The van der Waals surface area contributed by atoms with Gasteiger partial charge in [0.05, 0.1) is 24.1 Å². The monoisotopic (exact) mass is 536 g/mol. The third-order valence-corrected chi connectivity index (χ3v) is 8.22. The Hall–Kier alpha value is -4.58. The number of hydrogen-bond acceptors (Lipinski definition) is 4. The number of nitrogens with zero attached hydrogens (tertiary/aromatic N) is 4. The maximum atomic E-state index is 13.8. The number of benzene rings is 5. The standard InChI is InChI=1S/C36H32N4O/c41-36-34(37-31-20-19-27-11-7-8-16-30(27)25-31)32-17-9-10-18-33(32)40(36)26-38-21-23-39(24-22-38)35(28-12-3-1-4-13-28)29-14-5-2-6-15-29/h1-20,25,35H,21-24,26H2. The molecule has 0 saturated carbocycles. The summed E-state index contributed by atoms with van der Waals surface area (Å²) in [6.45, 7) is 4.19. The van der Waals surface area contributed by atoms with Gasteiger partial charge >= 0.3 is 0 Å². The molecule has 5 nitrogen and oxygen atoms in total. The maximum absolute atomic E-state index is 13.8. The van der Waals surface area contributed by atoms with Crippen molar-refractivity contribution in [3.05, 3.63) is 144 Å². The first-order chi connectivity index (χ1) is 20.2. The van der Waals surface area contributed by atoms with Gasteiger partial charge in [-0.2, -0.15) is 0 Å². The fraction of sp³-hybridized carbons (Fsp3) is 0.167. The third kappa shape index (κ3) is 5.06. The van der Waals surface area contributed by atoms with Crippen LogP contribution in [0.4, 0.5) is 11.4 Å². The van der Waals surface area contributed by atoms with Crippen molar-refractivity contribution in [1.82, 2.24) is 9.80 Å². The minimum absolute atomic E-state index is 0.0340.